The minimum atomic E-state index is 0.589. The summed E-state index contributed by atoms with van der Waals surface area (Å²) in [6.45, 7) is 5.26. The van der Waals surface area contributed by atoms with Crippen molar-refractivity contribution in [3.05, 3.63) is 0 Å². The maximum absolute atomic E-state index is 3.85. The molecule has 0 unspecified atom stereocenters. The molecule has 0 bridgehead atoms. The van der Waals surface area contributed by atoms with Gasteiger partial charge in [-0.05, 0) is 71.1 Å². The van der Waals surface area contributed by atoms with Crippen LogP contribution >= 0.6 is 0 Å². The van der Waals surface area contributed by atoms with Crippen molar-refractivity contribution in [2.45, 2.75) is 69.9 Å². The van der Waals surface area contributed by atoms with Crippen molar-refractivity contribution < 1.29 is 0 Å². The minimum absolute atomic E-state index is 0.589. The van der Waals surface area contributed by atoms with Crippen molar-refractivity contribution in [1.29, 1.82) is 0 Å². The van der Waals surface area contributed by atoms with Gasteiger partial charge in [0, 0.05) is 25.2 Å². The first-order valence-electron chi connectivity index (χ1n) is 9.29. The Hall–Kier alpha value is -0.120. The monoisotopic (exact) mass is 293 g/mol. The van der Waals surface area contributed by atoms with Crippen LogP contribution < -0.4 is 5.32 Å². The van der Waals surface area contributed by atoms with E-state index in [1.165, 1.54) is 84.0 Å². The lowest BCUT2D eigenvalue weighted by molar-refractivity contribution is 0.0688. The van der Waals surface area contributed by atoms with Gasteiger partial charge in [-0.25, -0.2) is 0 Å². The van der Waals surface area contributed by atoms with Gasteiger partial charge in [0.15, 0.2) is 0 Å². The third kappa shape index (κ3) is 4.43. The zero-order valence-corrected chi connectivity index (χ0v) is 14.2. The molecule has 21 heavy (non-hydrogen) atoms. The molecule has 1 heterocycles. The SMILES string of the molecule is CN(C)C1CCN(CC2(CNC3CC3)CCCCC2)CC1. The molecule has 3 rings (SSSR count). The summed E-state index contributed by atoms with van der Waals surface area (Å²) in [6, 6.07) is 1.68. The highest BCUT2D eigenvalue weighted by molar-refractivity contribution is 4.92. The molecule has 1 N–H and O–H groups in total. The molecule has 122 valence electrons. The molecule has 1 aliphatic heterocycles. The number of nitrogens with one attached hydrogen (secondary N) is 1. The normalized spacial score (nSPS) is 28.1. The molecule has 0 atom stereocenters. The zero-order valence-electron chi connectivity index (χ0n) is 14.2. The third-order valence-electron chi connectivity index (χ3n) is 6.10. The van der Waals surface area contributed by atoms with Crippen molar-refractivity contribution in [3.63, 3.8) is 0 Å². The Balaban J connectivity index is 1.51. The number of nitrogens with zero attached hydrogens (tertiary/aromatic N) is 2. The molecule has 0 aromatic heterocycles. The van der Waals surface area contributed by atoms with Crippen LogP contribution in [0.1, 0.15) is 57.8 Å². The second-order valence-corrected chi connectivity index (χ2v) is 8.19. The van der Waals surface area contributed by atoms with Crippen LogP contribution in [-0.4, -0.2) is 62.2 Å². The van der Waals surface area contributed by atoms with Gasteiger partial charge in [0.2, 0.25) is 0 Å². The summed E-state index contributed by atoms with van der Waals surface area (Å²) in [6.07, 6.45) is 12.9. The summed E-state index contributed by atoms with van der Waals surface area (Å²) in [7, 11) is 4.48. The van der Waals surface area contributed by atoms with Crippen molar-refractivity contribution >= 4 is 0 Å². The lowest BCUT2D eigenvalue weighted by Gasteiger charge is -2.44. The van der Waals surface area contributed by atoms with Gasteiger partial charge >= 0.3 is 0 Å². The Morgan fingerprint density at radius 3 is 2.24 bits per heavy atom. The van der Waals surface area contributed by atoms with Crippen LogP contribution in [0.2, 0.25) is 0 Å². The first kappa shape index (κ1) is 15.8. The lowest BCUT2D eigenvalue weighted by atomic mass is 9.73. The highest BCUT2D eigenvalue weighted by atomic mass is 15.2. The van der Waals surface area contributed by atoms with Crippen molar-refractivity contribution in [3.8, 4) is 0 Å². The molecule has 0 aromatic carbocycles. The molecule has 3 aliphatic rings. The van der Waals surface area contributed by atoms with Gasteiger partial charge in [-0.3, -0.25) is 0 Å². The highest BCUT2D eigenvalue weighted by Gasteiger charge is 2.36. The van der Waals surface area contributed by atoms with Gasteiger partial charge < -0.3 is 15.1 Å². The van der Waals surface area contributed by atoms with Crippen LogP contribution in [0.4, 0.5) is 0 Å². The molecule has 3 fully saturated rings. The number of hydrogen-bond donors (Lipinski definition) is 1. The van der Waals surface area contributed by atoms with Crippen LogP contribution in [0.15, 0.2) is 0 Å². The van der Waals surface area contributed by atoms with E-state index in [1.54, 1.807) is 0 Å². The summed E-state index contributed by atoms with van der Waals surface area (Å²) >= 11 is 0. The van der Waals surface area contributed by atoms with Gasteiger partial charge in [-0.15, -0.1) is 0 Å². The van der Waals surface area contributed by atoms with Gasteiger partial charge in [0.05, 0.1) is 0 Å². The Labute approximate surface area is 131 Å². The molecule has 3 heteroatoms. The van der Waals surface area contributed by atoms with Crippen molar-refractivity contribution in [2.24, 2.45) is 5.41 Å². The average molecular weight is 293 g/mol. The Morgan fingerprint density at radius 2 is 1.67 bits per heavy atom. The summed E-state index contributed by atoms with van der Waals surface area (Å²) in [5, 5.41) is 3.85. The predicted octanol–water partition coefficient (Wildman–Crippen LogP) is 2.71. The molecule has 3 nitrogen and oxygen atoms in total. The second-order valence-electron chi connectivity index (χ2n) is 8.19. The molecule has 1 saturated heterocycles. The second kappa shape index (κ2) is 6.97. The van der Waals surface area contributed by atoms with E-state index < -0.39 is 0 Å². The lowest BCUT2D eigenvalue weighted by Crippen LogP contribution is -2.49. The zero-order chi connectivity index (χ0) is 14.7. The van der Waals surface area contributed by atoms with E-state index in [0.29, 0.717) is 5.41 Å². The fourth-order valence-corrected chi connectivity index (χ4v) is 4.41. The minimum Gasteiger partial charge on any atom is -0.313 e. The Bertz CT molecular complexity index is 310. The highest BCUT2D eigenvalue weighted by Crippen LogP contribution is 2.38. The molecule has 0 aromatic rings. The third-order valence-corrected chi connectivity index (χ3v) is 6.10. The quantitative estimate of drug-likeness (QED) is 0.812. The van der Waals surface area contributed by atoms with Gasteiger partial charge in [0.25, 0.3) is 0 Å². The smallest absolute Gasteiger partial charge is 0.0113 e. The van der Waals surface area contributed by atoms with Gasteiger partial charge in [-0.1, -0.05) is 19.3 Å². The molecule has 0 spiro atoms. The standard InChI is InChI=1S/C18H35N3/c1-20(2)17-8-12-21(13-9-17)15-18(10-4-3-5-11-18)14-19-16-6-7-16/h16-17,19H,3-15H2,1-2H3. The topological polar surface area (TPSA) is 18.5 Å². The van der Waals surface area contributed by atoms with Crippen molar-refractivity contribution in [1.82, 2.24) is 15.1 Å². The van der Waals surface area contributed by atoms with Crippen LogP contribution in [0.3, 0.4) is 0 Å². The van der Waals surface area contributed by atoms with E-state index in [4.69, 9.17) is 0 Å². The molecule has 0 radical (unpaired) electrons. The van der Waals surface area contributed by atoms with E-state index in [-0.39, 0.29) is 0 Å². The van der Waals surface area contributed by atoms with Gasteiger partial charge in [0.1, 0.15) is 0 Å². The number of piperidine rings is 1. The van der Waals surface area contributed by atoms with E-state index >= 15 is 0 Å². The fraction of sp³-hybridized carbons (Fsp3) is 1.00. The largest absolute Gasteiger partial charge is 0.313 e. The number of likely N-dealkylation sites (tertiary alicyclic amines) is 1. The summed E-state index contributed by atoms with van der Waals surface area (Å²) in [5.41, 5.74) is 0.589. The maximum Gasteiger partial charge on any atom is 0.0113 e. The van der Waals surface area contributed by atoms with E-state index in [1.807, 2.05) is 0 Å². The first-order chi connectivity index (χ1) is 10.2. The molecule has 2 saturated carbocycles. The van der Waals surface area contributed by atoms with Crippen LogP contribution in [0.25, 0.3) is 0 Å². The number of hydrogen-bond acceptors (Lipinski definition) is 3. The van der Waals surface area contributed by atoms with E-state index in [0.717, 1.165) is 12.1 Å². The Morgan fingerprint density at radius 1 is 1.00 bits per heavy atom. The van der Waals surface area contributed by atoms with Crippen molar-refractivity contribution in [2.75, 3.05) is 40.3 Å². The summed E-state index contributed by atoms with van der Waals surface area (Å²) < 4.78 is 0. The molecule has 0 amide bonds. The van der Waals surface area contributed by atoms with Crippen LogP contribution in [-0.2, 0) is 0 Å². The summed E-state index contributed by atoms with van der Waals surface area (Å²) in [4.78, 5) is 5.20. The molecular formula is C18H35N3. The van der Waals surface area contributed by atoms with E-state index in [2.05, 4.69) is 29.2 Å². The van der Waals surface area contributed by atoms with Crippen LogP contribution in [0.5, 0.6) is 0 Å². The average Bonchev–Trinajstić information content (AvgIpc) is 3.31. The molecular weight excluding hydrogens is 258 g/mol. The Kier molecular flexibility index (Phi) is 5.23. The van der Waals surface area contributed by atoms with E-state index in [9.17, 15) is 0 Å². The van der Waals surface area contributed by atoms with Gasteiger partial charge in [-0.2, -0.15) is 0 Å². The maximum atomic E-state index is 3.85. The summed E-state index contributed by atoms with van der Waals surface area (Å²) in [5.74, 6) is 0. The van der Waals surface area contributed by atoms with Crippen LogP contribution in [0, 0.1) is 5.41 Å². The predicted molar refractivity (Wildman–Crippen MR) is 89.7 cm³/mol. The first-order valence-corrected chi connectivity index (χ1v) is 9.29. The molecule has 2 aliphatic carbocycles. The number of rotatable bonds is 6. The fourth-order valence-electron chi connectivity index (χ4n) is 4.41.